The summed E-state index contributed by atoms with van der Waals surface area (Å²) in [6.07, 6.45) is 4.87. The molecule has 2 rings (SSSR count). The molecule has 0 aliphatic carbocycles. The maximum absolute atomic E-state index is 12.7. The van der Waals surface area contributed by atoms with Crippen LogP contribution >= 0.6 is 0 Å². The molecule has 1 aromatic carbocycles. The minimum atomic E-state index is -0.181. The van der Waals surface area contributed by atoms with Gasteiger partial charge in [-0.1, -0.05) is 56.5 Å². The Morgan fingerprint density at radius 2 is 1.95 bits per heavy atom. The lowest BCUT2D eigenvalue weighted by Crippen LogP contribution is -2.41. The van der Waals surface area contributed by atoms with Crippen molar-refractivity contribution in [1.82, 2.24) is 10.2 Å². The van der Waals surface area contributed by atoms with Crippen molar-refractivity contribution in [3.8, 4) is 0 Å². The number of hydrogen-bond donors (Lipinski definition) is 1. The van der Waals surface area contributed by atoms with Crippen molar-refractivity contribution in [3.63, 3.8) is 0 Å². The molecule has 1 saturated heterocycles. The van der Waals surface area contributed by atoms with Gasteiger partial charge in [-0.2, -0.15) is 0 Å². The van der Waals surface area contributed by atoms with E-state index in [-0.39, 0.29) is 18.1 Å². The van der Waals surface area contributed by atoms with Gasteiger partial charge in [0.05, 0.1) is 6.17 Å². The van der Waals surface area contributed by atoms with Crippen molar-refractivity contribution in [2.45, 2.75) is 64.7 Å². The molecule has 110 valence electrons. The fourth-order valence-electron chi connectivity index (χ4n) is 3.04. The summed E-state index contributed by atoms with van der Waals surface area (Å²) in [4.78, 5) is 14.7. The first-order valence-electron chi connectivity index (χ1n) is 7.78. The lowest BCUT2D eigenvalue weighted by molar-refractivity contribution is -0.132. The van der Waals surface area contributed by atoms with Crippen LogP contribution in [-0.4, -0.2) is 23.0 Å². The van der Waals surface area contributed by atoms with E-state index in [1.165, 1.54) is 19.3 Å². The van der Waals surface area contributed by atoms with Crippen LogP contribution in [-0.2, 0) is 4.79 Å². The lowest BCUT2D eigenvalue weighted by atomic mass is 10.1. The van der Waals surface area contributed by atoms with Gasteiger partial charge in [-0.25, -0.2) is 0 Å². The molecule has 3 heteroatoms. The topological polar surface area (TPSA) is 32.3 Å². The van der Waals surface area contributed by atoms with Crippen molar-refractivity contribution >= 4 is 5.91 Å². The average Bonchev–Trinajstić information content (AvgIpc) is 2.75. The van der Waals surface area contributed by atoms with Crippen LogP contribution < -0.4 is 5.32 Å². The number of carbonyl (C=O) groups excluding carboxylic acids is 1. The van der Waals surface area contributed by atoms with Crippen LogP contribution in [0.25, 0.3) is 0 Å². The van der Waals surface area contributed by atoms with Gasteiger partial charge in [0.25, 0.3) is 0 Å². The highest BCUT2D eigenvalue weighted by Crippen LogP contribution is 2.27. The summed E-state index contributed by atoms with van der Waals surface area (Å²) in [5.74, 6) is 0.215. The van der Waals surface area contributed by atoms with Crippen molar-refractivity contribution in [2.24, 2.45) is 0 Å². The minimum absolute atomic E-state index is 0.115. The van der Waals surface area contributed by atoms with Crippen LogP contribution in [0, 0.1) is 0 Å². The normalized spacial score (nSPS) is 24.1. The molecule has 0 spiro atoms. The van der Waals surface area contributed by atoms with Gasteiger partial charge in [0.1, 0.15) is 6.04 Å². The highest BCUT2D eigenvalue weighted by atomic mass is 16.2. The van der Waals surface area contributed by atoms with Crippen LogP contribution in [0.3, 0.4) is 0 Å². The number of amides is 1. The lowest BCUT2D eigenvalue weighted by Gasteiger charge is -2.28. The maximum atomic E-state index is 12.7. The van der Waals surface area contributed by atoms with Crippen molar-refractivity contribution in [3.05, 3.63) is 35.9 Å². The molecule has 0 bridgehead atoms. The van der Waals surface area contributed by atoms with E-state index in [4.69, 9.17) is 0 Å². The van der Waals surface area contributed by atoms with E-state index in [1.54, 1.807) is 0 Å². The molecule has 3 nitrogen and oxygen atoms in total. The Hall–Kier alpha value is -1.35. The molecule has 1 N–H and O–H groups in total. The Kier molecular flexibility index (Phi) is 5.18. The third-order valence-electron chi connectivity index (χ3n) is 4.16. The number of rotatable bonds is 6. The van der Waals surface area contributed by atoms with Gasteiger partial charge in [-0.3, -0.25) is 10.1 Å². The Bertz CT molecular complexity index is 432. The van der Waals surface area contributed by atoms with Gasteiger partial charge in [0.2, 0.25) is 5.91 Å². The van der Waals surface area contributed by atoms with Crippen LogP contribution in [0.5, 0.6) is 0 Å². The SMILES string of the molecule is CCCCCC(C)N1C(=O)C(c2ccccc2)NC1C. The largest absolute Gasteiger partial charge is 0.323 e. The first-order chi connectivity index (χ1) is 9.65. The van der Waals surface area contributed by atoms with Crippen molar-refractivity contribution in [1.29, 1.82) is 0 Å². The summed E-state index contributed by atoms with van der Waals surface area (Å²) in [5.41, 5.74) is 1.06. The number of nitrogens with one attached hydrogen (secondary N) is 1. The summed E-state index contributed by atoms with van der Waals surface area (Å²) >= 11 is 0. The van der Waals surface area contributed by atoms with Crippen LogP contribution in [0.2, 0.25) is 0 Å². The molecule has 0 radical (unpaired) electrons. The van der Waals surface area contributed by atoms with Gasteiger partial charge in [-0.15, -0.1) is 0 Å². The predicted octanol–water partition coefficient (Wildman–Crippen LogP) is 3.47. The molecule has 20 heavy (non-hydrogen) atoms. The summed E-state index contributed by atoms with van der Waals surface area (Å²) in [7, 11) is 0. The smallest absolute Gasteiger partial charge is 0.245 e. The second kappa shape index (κ2) is 6.89. The number of nitrogens with zero attached hydrogens (tertiary/aromatic N) is 1. The van der Waals surface area contributed by atoms with Crippen LogP contribution in [0.15, 0.2) is 30.3 Å². The molecule has 1 amide bonds. The first-order valence-corrected chi connectivity index (χ1v) is 7.78. The molecule has 1 fully saturated rings. The molecule has 1 heterocycles. The number of unbranched alkanes of at least 4 members (excludes halogenated alkanes) is 2. The Labute approximate surface area is 122 Å². The second-order valence-corrected chi connectivity index (χ2v) is 5.78. The van der Waals surface area contributed by atoms with E-state index in [9.17, 15) is 4.79 Å². The highest BCUT2D eigenvalue weighted by molar-refractivity contribution is 5.85. The van der Waals surface area contributed by atoms with E-state index in [1.807, 2.05) is 35.2 Å². The number of benzene rings is 1. The molecule has 1 aliphatic heterocycles. The quantitative estimate of drug-likeness (QED) is 0.806. The number of hydrogen-bond acceptors (Lipinski definition) is 2. The fourth-order valence-corrected chi connectivity index (χ4v) is 3.04. The van der Waals surface area contributed by atoms with Gasteiger partial charge in [-0.05, 0) is 25.8 Å². The Morgan fingerprint density at radius 1 is 1.25 bits per heavy atom. The molecular weight excluding hydrogens is 248 g/mol. The maximum Gasteiger partial charge on any atom is 0.245 e. The van der Waals surface area contributed by atoms with E-state index in [0.717, 1.165) is 12.0 Å². The minimum Gasteiger partial charge on any atom is -0.323 e. The Balaban J connectivity index is 2.03. The van der Waals surface area contributed by atoms with E-state index < -0.39 is 0 Å². The van der Waals surface area contributed by atoms with E-state index in [2.05, 4.69) is 26.1 Å². The van der Waals surface area contributed by atoms with E-state index in [0.29, 0.717) is 6.04 Å². The average molecular weight is 274 g/mol. The second-order valence-electron chi connectivity index (χ2n) is 5.78. The molecule has 3 unspecified atom stereocenters. The summed E-state index contributed by atoms with van der Waals surface area (Å²) in [6, 6.07) is 10.1. The molecule has 1 aromatic rings. The zero-order valence-electron chi connectivity index (χ0n) is 12.8. The van der Waals surface area contributed by atoms with Gasteiger partial charge >= 0.3 is 0 Å². The fraction of sp³-hybridized carbons (Fsp3) is 0.588. The third kappa shape index (κ3) is 3.21. The van der Waals surface area contributed by atoms with Crippen molar-refractivity contribution < 1.29 is 4.79 Å². The standard InChI is InChI=1S/C17H26N2O/c1-4-5-7-10-13(2)19-14(3)18-16(17(19)20)15-11-8-6-9-12-15/h6,8-9,11-14,16,18H,4-5,7,10H2,1-3H3. The predicted molar refractivity (Wildman–Crippen MR) is 82.2 cm³/mol. The summed E-state index contributed by atoms with van der Waals surface area (Å²) < 4.78 is 0. The zero-order chi connectivity index (χ0) is 14.5. The summed E-state index contributed by atoms with van der Waals surface area (Å²) in [6.45, 7) is 6.46. The summed E-state index contributed by atoms with van der Waals surface area (Å²) in [5, 5.41) is 3.42. The molecule has 0 aromatic heterocycles. The zero-order valence-corrected chi connectivity index (χ0v) is 12.8. The molecule has 3 atom stereocenters. The first kappa shape index (κ1) is 15.0. The highest BCUT2D eigenvalue weighted by Gasteiger charge is 2.39. The van der Waals surface area contributed by atoms with Crippen LogP contribution in [0.1, 0.15) is 58.1 Å². The Morgan fingerprint density at radius 3 is 2.60 bits per heavy atom. The molecule has 1 aliphatic rings. The van der Waals surface area contributed by atoms with Crippen molar-refractivity contribution in [2.75, 3.05) is 0 Å². The monoisotopic (exact) mass is 274 g/mol. The van der Waals surface area contributed by atoms with Gasteiger partial charge in [0.15, 0.2) is 0 Å². The van der Waals surface area contributed by atoms with E-state index >= 15 is 0 Å². The molecule has 0 saturated carbocycles. The molecular formula is C17H26N2O. The van der Waals surface area contributed by atoms with Crippen LogP contribution in [0.4, 0.5) is 0 Å². The number of carbonyl (C=O) groups is 1. The van der Waals surface area contributed by atoms with Gasteiger partial charge in [0, 0.05) is 6.04 Å². The third-order valence-corrected chi connectivity index (χ3v) is 4.16. The van der Waals surface area contributed by atoms with Gasteiger partial charge < -0.3 is 4.90 Å².